The second-order valence-corrected chi connectivity index (χ2v) is 3.77. The van der Waals surface area contributed by atoms with Crippen molar-refractivity contribution in [2.75, 3.05) is 0 Å². The Labute approximate surface area is 89.0 Å². The van der Waals surface area contributed by atoms with E-state index < -0.39 is 0 Å². The van der Waals surface area contributed by atoms with Gasteiger partial charge in [0, 0.05) is 18.7 Å². The lowest BCUT2D eigenvalue weighted by atomic mass is 10.1. The van der Waals surface area contributed by atoms with Gasteiger partial charge in [0.25, 0.3) is 0 Å². The summed E-state index contributed by atoms with van der Waals surface area (Å²) in [5.74, 6) is 0. The Morgan fingerprint density at radius 3 is 2.67 bits per heavy atom. The molecule has 1 aromatic heterocycles. The van der Waals surface area contributed by atoms with Crippen molar-refractivity contribution in [2.45, 2.75) is 13.1 Å². The minimum absolute atomic E-state index is 0.899. The summed E-state index contributed by atoms with van der Waals surface area (Å²) in [5.41, 5.74) is 4.77. The normalized spacial score (nSPS) is 13.9. The number of nitrogens with zero attached hydrogens (tertiary/aromatic N) is 1. The number of rotatable bonds is 1. The summed E-state index contributed by atoms with van der Waals surface area (Å²) in [6.07, 6.45) is 0. The minimum atomic E-state index is 0.899. The molecule has 0 atom stereocenters. The molecular formula is C13H12N2. The Kier molecular flexibility index (Phi) is 2.00. The molecule has 1 N–H and O–H groups in total. The van der Waals surface area contributed by atoms with Gasteiger partial charge >= 0.3 is 0 Å². The van der Waals surface area contributed by atoms with Crippen LogP contribution >= 0.6 is 0 Å². The third kappa shape index (κ3) is 1.53. The third-order valence-electron chi connectivity index (χ3n) is 2.75. The Balaban J connectivity index is 2.07. The van der Waals surface area contributed by atoms with Crippen LogP contribution in [0.5, 0.6) is 0 Å². The first kappa shape index (κ1) is 8.62. The van der Waals surface area contributed by atoms with E-state index in [1.165, 1.54) is 16.8 Å². The van der Waals surface area contributed by atoms with E-state index in [4.69, 9.17) is 0 Å². The van der Waals surface area contributed by atoms with Crippen molar-refractivity contribution in [3.05, 3.63) is 53.7 Å². The van der Waals surface area contributed by atoms with E-state index in [1.54, 1.807) is 0 Å². The van der Waals surface area contributed by atoms with Crippen molar-refractivity contribution >= 4 is 0 Å². The van der Waals surface area contributed by atoms with Gasteiger partial charge < -0.3 is 5.32 Å². The number of hydrogen-bond donors (Lipinski definition) is 1. The maximum absolute atomic E-state index is 4.66. The molecule has 0 saturated heterocycles. The predicted octanol–water partition coefficient (Wildman–Crippen LogP) is 2.35. The molecule has 2 nitrogen and oxygen atoms in total. The Hall–Kier alpha value is -1.67. The summed E-state index contributed by atoms with van der Waals surface area (Å²) in [5, 5.41) is 3.30. The first-order valence-corrected chi connectivity index (χ1v) is 5.18. The number of aromatic nitrogens is 1. The lowest BCUT2D eigenvalue weighted by Gasteiger charge is -2.03. The average Bonchev–Trinajstić information content (AvgIpc) is 2.77. The second-order valence-electron chi connectivity index (χ2n) is 3.77. The SMILES string of the molecule is c1ccc(-c2ccc3c(n2)CNC3)cc1. The van der Waals surface area contributed by atoms with Crippen LogP contribution in [0.2, 0.25) is 0 Å². The zero-order chi connectivity index (χ0) is 10.1. The summed E-state index contributed by atoms with van der Waals surface area (Å²) in [7, 11) is 0. The summed E-state index contributed by atoms with van der Waals surface area (Å²) in [6, 6.07) is 14.6. The van der Waals surface area contributed by atoms with E-state index >= 15 is 0 Å². The fourth-order valence-electron chi connectivity index (χ4n) is 1.93. The van der Waals surface area contributed by atoms with E-state index in [0.29, 0.717) is 0 Å². The molecule has 0 spiro atoms. The molecule has 0 radical (unpaired) electrons. The van der Waals surface area contributed by atoms with Crippen LogP contribution in [0.1, 0.15) is 11.3 Å². The van der Waals surface area contributed by atoms with Gasteiger partial charge in [0.1, 0.15) is 0 Å². The smallest absolute Gasteiger partial charge is 0.0706 e. The lowest BCUT2D eigenvalue weighted by Crippen LogP contribution is -2.00. The van der Waals surface area contributed by atoms with Gasteiger partial charge in [0.15, 0.2) is 0 Å². The Morgan fingerprint density at radius 2 is 1.80 bits per heavy atom. The van der Waals surface area contributed by atoms with Crippen molar-refractivity contribution in [1.82, 2.24) is 10.3 Å². The third-order valence-corrected chi connectivity index (χ3v) is 2.75. The average molecular weight is 196 g/mol. The lowest BCUT2D eigenvalue weighted by molar-refractivity contribution is 0.758. The quantitative estimate of drug-likeness (QED) is 0.757. The predicted molar refractivity (Wildman–Crippen MR) is 60.2 cm³/mol. The van der Waals surface area contributed by atoms with Crippen molar-refractivity contribution in [3.8, 4) is 11.3 Å². The molecule has 0 fully saturated rings. The minimum Gasteiger partial charge on any atom is -0.307 e. The van der Waals surface area contributed by atoms with Gasteiger partial charge in [0.05, 0.1) is 11.4 Å². The van der Waals surface area contributed by atoms with Gasteiger partial charge in [0.2, 0.25) is 0 Å². The number of nitrogens with one attached hydrogen (secondary N) is 1. The molecule has 1 aliphatic rings. The molecule has 0 amide bonds. The molecule has 3 rings (SSSR count). The van der Waals surface area contributed by atoms with Gasteiger partial charge in [-0.3, -0.25) is 4.98 Å². The maximum Gasteiger partial charge on any atom is 0.0706 e. The highest BCUT2D eigenvalue weighted by Gasteiger charge is 2.11. The first-order valence-electron chi connectivity index (χ1n) is 5.18. The Morgan fingerprint density at radius 1 is 0.933 bits per heavy atom. The standard InChI is InChI=1S/C13H12N2/c1-2-4-10(5-3-1)12-7-6-11-8-14-9-13(11)15-12/h1-7,14H,8-9H2. The molecule has 2 heteroatoms. The number of fused-ring (bicyclic) bond motifs is 1. The van der Waals surface area contributed by atoms with Crippen LogP contribution in [-0.4, -0.2) is 4.98 Å². The summed E-state index contributed by atoms with van der Waals surface area (Å²) < 4.78 is 0. The van der Waals surface area contributed by atoms with Crippen LogP contribution in [0.15, 0.2) is 42.5 Å². The molecule has 0 bridgehead atoms. The fourth-order valence-corrected chi connectivity index (χ4v) is 1.93. The highest BCUT2D eigenvalue weighted by Crippen LogP contribution is 2.20. The zero-order valence-electron chi connectivity index (χ0n) is 8.40. The van der Waals surface area contributed by atoms with Gasteiger partial charge in [-0.15, -0.1) is 0 Å². The zero-order valence-corrected chi connectivity index (χ0v) is 8.40. The number of benzene rings is 1. The maximum atomic E-state index is 4.66. The largest absolute Gasteiger partial charge is 0.307 e. The van der Waals surface area contributed by atoms with Crippen molar-refractivity contribution in [3.63, 3.8) is 0 Å². The molecule has 1 aliphatic heterocycles. The molecule has 0 unspecified atom stereocenters. The molecule has 15 heavy (non-hydrogen) atoms. The van der Waals surface area contributed by atoms with Gasteiger partial charge in [-0.25, -0.2) is 0 Å². The molecule has 0 saturated carbocycles. The van der Waals surface area contributed by atoms with E-state index in [1.807, 2.05) is 18.2 Å². The van der Waals surface area contributed by atoms with Gasteiger partial charge in [-0.1, -0.05) is 36.4 Å². The topological polar surface area (TPSA) is 24.9 Å². The Bertz CT molecular complexity index is 477. The van der Waals surface area contributed by atoms with Crippen molar-refractivity contribution in [2.24, 2.45) is 0 Å². The second kappa shape index (κ2) is 3.48. The van der Waals surface area contributed by atoms with Crippen LogP contribution in [0.4, 0.5) is 0 Å². The van der Waals surface area contributed by atoms with Crippen LogP contribution in [-0.2, 0) is 13.1 Å². The summed E-state index contributed by atoms with van der Waals surface area (Å²) in [6.45, 7) is 1.85. The molecule has 2 aromatic rings. The molecule has 0 aliphatic carbocycles. The van der Waals surface area contributed by atoms with E-state index in [-0.39, 0.29) is 0 Å². The van der Waals surface area contributed by atoms with E-state index in [9.17, 15) is 0 Å². The monoisotopic (exact) mass is 196 g/mol. The molecule has 74 valence electrons. The highest BCUT2D eigenvalue weighted by atomic mass is 14.9. The van der Waals surface area contributed by atoms with Crippen molar-refractivity contribution in [1.29, 1.82) is 0 Å². The molecular weight excluding hydrogens is 184 g/mol. The van der Waals surface area contributed by atoms with E-state index in [0.717, 1.165) is 18.8 Å². The van der Waals surface area contributed by atoms with Gasteiger partial charge in [-0.2, -0.15) is 0 Å². The number of pyridine rings is 1. The number of hydrogen-bond acceptors (Lipinski definition) is 2. The van der Waals surface area contributed by atoms with Crippen LogP contribution in [0, 0.1) is 0 Å². The molecule has 2 heterocycles. The van der Waals surface area contributed by atoms with Crippen LogP contribution in [0.3, 0.4) is 0 Å². The highest BCUT2D eigenvalue weighted by molar-refractivity contribution is 5.59. The van der Waals surface area contributed by atoms with Crippen LogP contribution < -0.4 is 5.32 Å². The van der Waals surface area contributed by atoms with E-state index in [2.05, 4.69) is 34.6 Å². The first-order chi connectivity index (χ1) is 7.43. The molecule has 1 aromatic carbocycles. The summed E-state index contributed by atoms with van der Waals surface area (Å²) >= 11 is 0. The fraction of sp³-hybridized carbons (Fsp3) is 0.154. The van der Waals surface area contributed by atoms with Crippen LogP contribution in [0.25, 0.3) is 11.3 Å². The van der Waals surface area contributed by atoms with Gasteiger partial charge in [-0.05, 0) is 11.6 Å². The van der Waals surface area contributed by atoms with Crippen molar-refractivity contribution < 1.29 is 0 Å². The summed E-state index contributed by atoms with van der Waals surface area (Å²) in [4.78, 5) is 4.66.